The predicted octanol–water partition coefficient (Wildman–Crippen LogP) is 1.89. The summed E-state index contributed by atoms with van der Waals surface area (Å²) in [7, 11) is 0. The Balaban J connectivity index is 1.97. The Bertz CT molecular complexity index is 452. The Labute approximate surface area is 93.2 Å². The van der Waals surface area contributed by atoms with Gasteiger partial charge in [-0.2, -0.15) is 0 Å². The number of phenolic OH excluding ortho intramolecular Hbond substituents is 1. The van der Waals surface area contributed by atoms with E-state index < -0.39 is 0 Å². The highest BCUT2D eigenvalue weighted by Gasteiger charge is 2.46. The van der Waals surface area contributed by atoms with Gasteiger partial charge < -0.3 is 15.2 Å². The van der Waals surface area contributed by atoms with Crippen LogP contribution in [0.2, 0.25) is 0 Å². The van der Waals surface area contributed by atoms with Gasteiger partial charge in [0.2, 0.25) is 5.91 Å². The number of ether oxygens (including phenoxy) is 1. The molecule has 1 amide bonds. The fourth-order valence-electron chi connectivity index (χ4n) is 2.25. The number of amides is 1. The van der Waals surface area contributed by atoms with E-state index in [-0.39, 0.29) is 17.1 Å². The minimum atomic E-state index is -0.339. The molecule has 1 aromatic carbocycles. The number of carbonyl (C=O) groups excluding carboxylic acids is 1. The van der Waals surface area contributed by atoms with Crippen molar-refractivity contribution in [1.29, 1.82) is 0 Å². The zero-order valence-electron chi connectivity index (χ0n) is 8.82. The smallest absolute Gasteiger partial charge is 0.234 e. The van der Waals surface area contributed by atoms with Gasteiger partial charge in [0.05, 0.1) is 11.1 Å². The fourth-order valence-corrected chi connectivity index (χ4v) is 2.25. The molecule has 1 saturated carbocycles. The van der Waals surface area contributed by atoms with E-state index in [1.165, 1.54) is 6.07 Å². The number of anilines is 1. The van der Waals surface area contributed by atoms with Crippen LogP contribution in [0, 0.1) is 5.41 Å². The van der Waals surface area contributed by atoms with Gasteiger partial charge in [-0.3, -0.25) is 4.79 Å². The monoisotopic (exact) mass is 219 g/mol. The number of rotatable bonds is 0. The van der Waals surface area contributed by atoms with Crippen LogP contribution < -0.4 is 10.1 Å². The van der Waals surface area contributed by atoms with Gasteiger partial charge in [-0.25, -0.2) is 0 Å². The number of carbonyl (C=O) groups is 1. The van der Waals surface area contributed by atoms with Gasteiger partial charge >= 0.3 is 0 Å². The van der Waals surface area contributed by atoms with Crippen LogP contribution in [0.3, 0.4) is 0 Å². The molecule has 4 nitrogen and oxygen atoms in total. The molecule has 0 unspecified atom stereocenters. The van der Waals surface area contributed by atoms with E-state index in [0.717, 1.165) is 19.3 Å². The molecule has 4 heteroatoms. The molecule has 16 heavy (non-hydrogen) atoms. The molecule has 1 heterocycles. The van der Waals surface area contributed by atoms with Crippen molar-refractivity contribution in [3.63, 3.8) is 0 Å². The van der Waals surface area contributed by atoms with Crippen LogP contribution >= 0.6 is 0 Å². The second kappa shape index (κ2) is 3.14. The summed E-state index contributed by atoms with van der Waals surface area (Å²) in [4.78, 5) is 12.0. The normalized spacial score (nSPS) is 21.4. The molecule has 1 spiro atoms. The molecule has 0 aromatic heterocycles. The summed E-state index contributed by atoms with van der Waals surface area (Å²) in [6.45, 7) is 0.441. The van der Waals surface area contributed by atoms with Crippen LogP contribution in [0.25, 0.3) is 0 Å². The highest BCUT2D eigenvalue weighted by molar-refractivity contribution is 5.98. The highest BCUT2D eigenvalue weighted by Crippen LogP contribution is 2.45. The zero-order chi connectivity index (χ0) is 11.2. The number of hydrogen-bond donors (Lipinski definition) is 2. The molecule has 2 N–H and O–H groups in total. The third kappa shape index (κ3) is 1.26. The first-order valence-electron chi connectivity index (χ1n) is 5.47. The largest absolute Gasteiger partial charge is 0.508 e. The van der Waals surface area contributed by atoms with E-state index in [1.807, 2.05) is 0 Å². The third-order valence-electron chi connectivity index (χ3n) is 3.51. The zero-order valence-corrected chi connectivity index (χ0v) is 8.82. The Hall–Kier alpha value is -1.71. The minimum absolute atomic E-state index is 0.0168. The number of aromatic hydroxyl groups is 1. The lowest BCUT2D eigenvalue weighted by Crippen LogP contribution is -2.45. The van der Waals surface area contributed by atoms with E-state index in [1.54, 1.807) is 12.1 Å². The minimum Gasteiger partial charge on any atom is -0.508 e. The van der Waals surface area contributed by atoms with Crippen molar-refractivity contribution in [3.8, 4) is 11.5 Å². The first-order chi connectivity index (χ1) is 7.70. The van der Waals surface area contributed by atoms with Crippen molar-refractivity contribution in [3.05, 3.63) is 18.2 Å². The molecule has 2 aliphatic rings. The molecule has 1 aromatic rings. The van der Waals surface area contributed by atoms with E-state index in [0.29, 0.717) is 18.0 Å². The summed E-state index contributed by atoms with van der Waals surface area (Å²) in [6.07, 6.45) is 2.86. The second-order valence-corrected chi connectivity index (χ2v) is 4.56. The lowest BCUT2D eigenvalue weighted by atomic mass is 9.69. The average Bonchev–Trinajstić information content (AvgIpc) is 2.32. The van der Waals surface area contributed by atoms with E-state index in [9.17, 15) is 9.90 Å². The van der Waals surface area contributed by atoms with Crippen molar-refractivity contribution in [2.75, 3.05) is 11.9 Å². The second-order valence-electron chi connectivity index (χ2n) is 4.56. The van der Waals surface area contributed by atoms with Gasteiger partial charge in [-0.05, 0) is 25.0 Å². The molecule has 0 saturated heterocycles. The van der Waals surface area contributed by atoms with E-state index >= 15 is 0 Å². The van der Waals surface area contributed by atoms with Gasteiger partial charge in [0, 0.05) is 6.07 Å². The highest BCUT2D eigenvalue weighted by atomic mass is 16.5. The summed E-state index contributed by atoms with van der Waals surface area (Å²) in [5.74, 6) is 0.783. The number of hydrogen-bond acceptors (Lipinski definition) is 3. The molecule has 3 rings (SSSR count). The molecular weight excluding hydrogens is 206 g/mol. The number of benzene rings is 1. The van der Waals surface area contributed by atoms with Crippen molar-refractivity contribution in [1.82, 2.24) is 0 Å². The lowest BCUT2D eigenvalue weighted by molar-refractivity contribution is -0.132. The molecule has 0 radical (unpaired) electrons. The van der Waals surface area contributed by atoms with Crippen molar-refractivity contribution in [2.45, 2.75) is 19.3 Å². The van der Waals surface area contributed by atoms with Gasteiger partial charge in [-0.15, -0.1) is 0 Å². The molecule has 0 atom stereocenters. The van der Waals surface area contributed by atoms with Crippen LogP contribution in [-0.4, -0.2) is 17.6 Å². The summed E-state index contributed by atoms with van der Waals surface area (Å²) >= 11 is 0. The predicted molar refractivity (Wildman–Crippen MR) is 58.5 cm³/mol. The molecule has 1 aliphatic carbocycles. The topological polar surface area (TPSA) is 58.6 Å². The van der Waals surface area contributed by atoms with Crippen LogP contribution in [0.4, 0.5) is 5.69 Å². The maximum Gasteiger partial charge on any atom is 0.234 e. The SMILES string of the molecule is O=C1Nc2cc(O)ccc2OCC12CCC2. The molecule has 1 aliphatic heterocycles. The van der Waals surface area contributed by atoms with Crippen LogP contribution in [0.1, 0.15) is 19.3 Å². The Morgan fingerprint density at radius 2 is 2.19 bits per heavy atom. The van der Waals surface area contributed by atoms with Gasteiger partial charge in [0.15, 0.2) is 0 Å². The first-order valence-corrected chi connectivity index (χ1v) is 5.47. The summed E-state index contributed by atoms with van der Waals surface area (Å²) in [5.41, 5.74) is 0.225. The summed E-state index contributed by atoms with van der Waals surface area (Å²) < 4.78 is 5.64. The summed E-state index contributed by atoms with van der Waals surface area (Å²) in [5, 5.41) is 12.2. The molecule has 0 bridgehead atoms. The standard InChI is InChI=1S/C12H13NO3/c14-8-2-3-10-9(6-8)13-11(15)12(7-16-10)4-1-5-12/h2-3,6,14H,1,4-5,7H2,(H,13,15). The lowest BCUT2D eigenvalue weighted by Gasteiger charge is -2.37. The fraction of sp³-hybridized carbons (Fsp3) is 0.417. The van der Waals surface area contributed by atoms with Gasteiger partial charge in [0.1, 0.15) is 18.1 Å². The number of fused-ring (bicyclic) bond motifs is 1. The maximum atomic E-state index is 12.0. The quantitative estimate of drug-likeness (QED) is 0.700. The molecule has 1 fully saturated rings. The van der Waals surface area contributed by atoms with E-state index in [2.05, 4.69) is 5.32 Å². The van der Waals surface area contributed by atoms with Crippen LogP contribution in [0.5, 0.6) is 11.5 Å². The van der Waals surface area contributed by atoms with Crippen LogP contribution in [-0.2, 0) is 4.79 Å². The number of nitrogens with one attached hydrogen (secondary N) is 1. The Kier molecular flexibility index (Phi) is 1.87. The van der Waals surface area contributed by atoms with E-state index in [4.69, 9.17) is 4.74 Å². The molecular formula is C12H13NO3. The van der Waals surface area contributed by atoms with Crippen molar-refractivity contribution < 1.29 is 14.6 Å². The van der Waals surface area contributed by atoms with Gasteiger partial charge in [-0.1, -0.05) is 6.42 Å². The average molecular weight is 219 g/mol. The Morgan fingerprint density at radius 3 is 2.88 bits per heavy atom. The Morgan fingerprint density at radius 1 is 1.38 bits per heavy atom. The first kappa shape index (κ1) is 9.51. The summed E-state index contributed by atoms with van der Waals surface area (Å²) in [6, 6.07) is 4.76. The van der Waals surface area contributed by atoms with Crippen molar-refractivity contribution >= 4 is 11.6 Å². The number of phenols is 1. The molecule has 84 valence electrons. The van der Waals surface area contributed by atoms with Gasteiger partial charge in [0.25, 0.3) is 0 Å². The van der Waals surface area contributed by atoms with Crippen LogP contribution in [0.15, 0.2) is 18.2 Å². The third-order valence-corrected chi connectivity index (χ3v) is 3.51. The maximum absolute atomic E-state index is 12.0. The van der Waals surface area contributed by atoms with Crippen molar-refractivity contribution in [2.24, 2.45) is 5.41 Å².